The van der Waals surface area contributed by atoms with E-state index in [9.17, 15) is 9.59 Å². The monoisotopic (exact) mass is 399 g/mol. The lowest BCUT2D eigenvalue weighted by molar-refractivity contribution is -0.145. The van der Waals surface area contributed by atoms with Crippen molar-refractivity contribution < 1.29 is 14.3 Å². The number of carbonyl (C=O) groups excluding carboxylic acids is 2. The highest BCUT2D eigenvalue weighted by molar-refractivity contribution is 5.85. The third-order valence-electron chi connectivity index (χ3n) is 6.66. The first kappa shape index (κ1) is 20.2. The van der Waals surface area contributed by atoms with Crippen molar-refractivity contribution in [1.29, 1.82) is 0 Å². The van der Waals surface area contributed by atoms with E-state index in [4.69, 9.17) is 4.74 Å². The predicted molar refractivity (Wildman–Crippen MR) is 113 cm³/mol. The second kappa shape index (κ2) is 6.73. The van der Waals surface area contributed by atoms with Crippen LogP contribution < -0.4 is 10.6 Å². The highest BCUT2D eigenvalue weighted by atomic mass is 16.6. The van der Waals surface area contributed by atoms with Crippen molar-refractivity contribution in [2.45, 2.75) is 52.6 Å². The highest BCUT2D eigenvalue weighted by Gasteiger charge is 2.58. The number of amides is 2. The van der Waals surface area contributed by atoms with Gasteiger partial charge in [-0.25, -0.2) is 4.79 Å². The van der Waals surface area contributed by atoms with E-state index in [2.05, 4.69) is 41.5 Å². The van der Waals surface area contributed by atoms with Gasteiger partial charge in [-0.05, 0) is 50.3 Å². The maximum atomic E-state index is 12.7. The summed E-state index contributed by atoms with van der Waals surface area (Å²) in [5.74, 6) is 0.934. The van der Waals surface area contributed by atoms with E-state index in [1.165, 1.54) is 5.56 Å². The van der Waals surface area contributed by atoms with Crippen molar-refractivity contribution in [2.75, 3.05) is 31.5 Å². The van der Waals surface area contributed by atoms with Gasteiger partial charge in [-0.15, -0.1) is 0 Å². The normalized spacial score (nSPS) is 26.7. The number of nitrogens with one attached hydrogen (secondary N) is 2. The Kier molecular flexibility index (Phi) is 4.69. The maximum absolute atomic E-state index is 12.7. The summed E-state index contributed by atoms with van der Waals surface area (Å²) in [6.07, 6.45) is 0.573. The van der Waals surface area contributed by atoms with Gasteiger partial charge in [-0.1, -0.05) is 26.0 Å². The largest absolute Gasteiger partial charge is 0.444 e. The fourth-order valence-corrected chi connectivity index (χ4v) is 4.81. The Balaban J connectivity index is 1.37. The highest BCUT2D eigenvalue weighted by Crippen LogP contribution is 2.55. The van der Waals surface area contributed by atoms with Crippen LogP contribution in [0.15, 0.2) is 24.3 Å². The molecule has 2 amide bonds. The van der Waals surface area contributed by atoms with Crippen molar-refractivity contribution in [2.24, 2.45) is 16.7 Å². The van der Waals surface area contributed by atoms with E-state index in [1.54, 1.807) is 0 Å². The minimum Gasteiger partial charge on any atom is -0.444 e. The van der Waals surface area contributed by atoms with Gasteiger partial charge < -0.3 is 15.0 Å². The number of rotatable bonds is 3. The molecule has 2 atom stereocenters. The van der Waals surface area contributed by atoms with Gasteiger partial charge in [0.2, 0.25) is 5.91 Å². The lowest BCUT2D eigenvalue weighted by Gasteiger charge is -2.51. The van der Waals surface area contributed by atoms with E-state index in [-0.39, 0.29) is 16.7 Å². The van der Waals surface area contributed by atoms with Crippen LogP contribution in [0.5, 0.6) is 0 Å². The number of benzene rings is 1. The van der Waals surface area contributed by atoms with Gasteiger partial charge in [0, 0.05) is 49.1 Å². The zero-order chi connectivity index (χ0) is 21.0. The molecule has 3 fully saturated rings. The Morgan fingerprint density at radius 3 is 2.34 bits per heavy atom. The summed E-state index contributed by atoms with van der Waals surface area (Å²) in [5.41, 5.74) is 1.78. The summed E-state index contributed by atoms with van der Waals surface area (Å²) in [6, 6.07) is 8.03. The molecule has 1 unspecified atom stereocenters. The van der Waals surface area contributed by atoms with E-state index in [0.29, 0.717) is 11.8 Å². The Hall–Kier alpha value is -2.08. The molecule has 1 saturated carbocycles. The lowest BCUT2D eigenvalue weighted by atomic mass is 9.68. The van der Waals surface area contributed by atoms with Crippen LogP contribution in [0.25, 0.3) is 0 Å². The zero-order valence-corrected chi connectivity index (χ0v) is 18.2. The van der Waals surface area contributed by atoms with E-state index in [0.717, 1.165) is 38.3 Å². The smallest absolute Gasteiger partial charge is 0.412 e. The SMILES string of the molecule is CC(C)(C)OC(=O)Nc1ccc(C2CNCC23CN(C(=O)[C@H]2CC2(C)C)C3)cc1. The average molecular weight is 400 g/mol. The van der Waals surface area contributed by atoms with Gasteiger partial charge in [0.15, 0.2) is 0 Å². The van der Waals surface area contributed by atoms with Crippen LogP contribution >= 0.6 is 0 Å². The van der Waals surface area contributed by atoms with Crippen LogP contribution in [0.4, 0.5) is 10.5 Å². The van der Waals surface area contributed by atoms with Gasteiger partial charge in [-0.3, -0.25) is 10.1 Å². The molecule has 1 aromatic rings. The minimum absolute atomic E-state index is 0.134. The Labute approximate surface area is 173 Å². The van der Waals surface area contributed by atoms with E-state index in [1.807, 2.05) is 32.9 Å². The number of hydrogen-bond donors (Lipinski definition) is 2. The van der Waals surface area contributed by atoms with Crippen LogP contribution in [0.1, 0.15) is 52.5 Å². The first-order valence-corrected chi connectivity index (χ1v) is 10.6. The van der Waals surface area contributed by atoms with Gasteiger partial charge in [0.1, 0.15) is 5.60 Å². The first-order chi connectivity index (χ1) is 13.5. The molecule has 0 radical (unpaired) electrons. The molecular weight excluding hydrogens is 366 g/mol. The summed E-state index contributed by atoms with van der Waals surface area (Å²) >= 11 is 0. The van der Waals surface area contributed by atoms with Crippen molar-refractivity contribution in [3.63, 3.8) is 0 Å². The van der Waals surface area contributed by atoms with Crippen molar-refractivity contribution in [3.8, 4) is 0 Å². The molecule has 1 spiro atoms. The Bertz CT molecular complexity index is 804. The molecule has 4 rings (SSSR count). The third-order valence-corrected chi connectivity index (χ3v) is 6.66. The molecule has 158 valence electrons. The summed E-state index contributed by atoms with van der Waals surface area (Å²) < 4.78 is 5.31. The molecule has 0 bridgehead atoms. The topological polar surface area (TPSA) is 70.7 Å². The third kappa shape index (κ3) is 4.00. The molecule has 1 aliphatic carbocycles. The Morgan fingerprint density at radius 1 is 1.17 bits per heavy atom. The van der Waals surface area contributed by atoms with Crippen LogP contribution in [0.2, 0.25) is 0 Å². The number of carbonyl (C=O) groups is 2. The number of hydrogen-bond acceptors (Lipinski definition) is 4. The average Bonchev–Trinajstić information content (AvgIpc) is 3.01. The maximum Gasteiger partial charge on any atom is 0.412 e. The summed E-state index contributed by atoms with van der Waals surface area (Å²) in [5, 5.41) is 6.31. The van der Waals surface area contributed by atoms with Crippen LogP contribution in [0, 0.1) is 16.7 Å². The molecule has 3 aliphatic rings. The van der Waals surface area contributed by atoms with Crippen molar-refractivity contribution >= 4 is 17.7 Å². The van der Waals surface area contributed by atoms with Crippen molar-refractivity contribution in [3.05, 3.63) is 29.8 Å². The first-order valence-electron chi connectivity index (χ1n) is 10.6. The summed E-state index contributed by atoms with van der Waals surface area (Å²) in [4.78, 5) is 26.7. The standard InChI is InChI=1S/C23H33N3O3/c1-21(2,3)29-20(28)25-16-8-6-15(7-9-16)18-11-24-12-23(18)13-26(14-23)19(27)17-10-22(17,4)5/h6-9,17-18,24H,10-14H2,1-5H3,(H,25,28)/t17-,18?/m1/s1. The van der Waals surface area contributed by atoms with Crippen molar-refractivity contribution in [1.82, 2.24) is 10.2 Å². The van der Waals surface area contributed by atoms with Crippen LogP contribution in [-0.2, 0) is 9.53 Å². The van der Waals surface area contributed by atoms with Gasteiger partial charge in [0.25, 0.3) is 0 Å². The lowest BCUT2D eigenvalue weighted by Crippen LogP contribution is -2.62. The van der Waals surface area contributed by atoms with Gasteiger partial charge in [0.05, 0.1) is 0 Å². The molecule has 2 aliphatic heterocycles. The van der Waals surface area contributed by atoms with Gasteiger partial charge >= 0.3 is 6.09 Å². The Morgan fingerprint density at radius 2 is 1.79 bits per heavy atom. The minimum atomic E-state index is -0.519. The van der Waals surface area contributed by atoms with E-state index < -0.39 is 11.7 Å². The second-order valence-electron chi connectivity index (χ2n) is 10.7. The number of nitrogens with zero attached hydrogens (tertiary/aromatic N) is 1. The van der Waals surface area contributed by atoms with Crippen LogP contribution in [0.3, 0.4) is 0 Å². The van der Waals surface area contributed by atoms with E-state index >= 15 is 0 Å². The molecule has 2 saturated heterocycles. The number of likely N-dealkylation sites (tertiary alicyclic amines) is 1. The predicted octanol–water partition coefficient (Wildman–Crippen LogP) is 3.60. The molecule has 1 aromatic carbocycles. The molecule has 6 nitrogen and oxygen atoms in total. The molecule has 2 N–H and O–H groups in total. The van der Waals surface area contributed by atoms with Crippen LogP contribution in [-0.4, -0.2) is 48.7 Å². The molecule has 2 heterocycles. The fourth-order valence-electron chi connectivity index (χ4n) is 4.81. The number of anilines is 1. The zero-order valence-electron chi connectivity index (χ0n) is 18.2. The van der Waals surface area contributed by atoms with Gasteiger partial charge in [-0.2, -0.15) is 0 Å². The summed E-state index contributed by atoms with van der Waals surface area (Å²) in [6.45, 7) is 13.5. The molecule has 29 heavy (non-hydrogen) atoms. The molecular formula is C23H33N3O3. The second-order valence-corrected chi connectivity index (χ2v) is 10.7. The quantitative estimate of drug-likeness (QED) is 0.815. The number of ether oxygens (including phenoxy) is 1. The fraction of sp³-hybridized carbons (Fsp3) is 0.652. The summed E-state index contributed by atoms with van der Waals surface area (Å²) in [7, 11) is 0. The molecule has 0 aromatic heterocycles. The molecule has 6 heteroatoms.